The van der Waals surface area contributed by atoms with Crippen LogP contribution in [0.3, 0.4) is 0 Å². The predicted octanol–water partition coefficient (Wildman–Crippen LogP) is 3.92. The normalized spacial score (nSPS) is 15.8. The molecular formula is C20H14F4N6O3. The number of nitroso groups, excluding NO2 is 1. The van der Waals surface area contributed by atoms with Gasteiger partial charge in [0.1, 0.15) is 11.5 Å². The molecular weight excluding hydrogens is 448 g/mol. The maximum atomic E-state index is 14.1. The average Bonchev–Trinajstić information content (AvgIpc) is 3.19. The van der Waals surface area contributed by atoms with Gasteiger partial charge in [-0.15, -0.1) is 4.91 Å². The van der Waals surface area contributed by atoms with E-state index in [4.69, 9.17) is 0 Å². The van der Waals surface area contributed by atoms with E-state index in [9.17, 15) is 32.1 Å². The van der Waals surface area contributed by atoms with E-state index >= 15 is 0 Å². The highest BCUT2D eigenvalue weighted by Gasteiger charge is 2.39. The van der Waals surface area contributed by atoms with Crippen molar-refractivity contribution in [2.75, 3.05) is 16.8 Å². The second kappa shape index (κ2) is 8.07. The molecule has 0 saturated carbocycles. The van der Waals surface area contributed by atoms with Crippen molar-refractivity contribution < 1.29 is 27.2 Å². The number of hydrogen-bond donors (Lipinski definition) is 1. The number of alkyl halides is 3. The molecule has 170 valence electrons. The zero-order chi connectivity index (χ0) is 23.9. The van der Waals surface area contributed by atoms with Crippen molar-refractivity contribution in [1.29, 1.82) is 0 Å². The first-order valence-electron chi connectivity index (χ1n) is 9.42. The first-order valence-corrected chi connectivity index (χ1v) is 9.42. The Kier molecular flexibility index (Phi) is 5.39. The van der Waals surface area contributed by atoms with Crippen LogP contribution in [-0.4, -0.2) is 33.1 Å². The topological polar surface area (TPSA) is 110 Å². The molecule has 1 aromatic carbocycles. The minimum atomic E-state index is -4.92. The van der Waals surface area contributed by atoms with E-state index in [0.29, 0.717) is 23.5 Å². The molecule has 3 heterocycles. The molecule has 2 amide bonds. The highest BCUT2D eigenvalue weighted by molar-refractivity contribution is 6.15. The third-order valence-electron chi connectivity index (χ3n) is 4.96. The van der Waals surface area contributed by atoms with Crippen LogP contribution in [0, 0.1) is 17.6 Å². The average molecular weight is 462 g/mol. The number of nitrogens with zero attached hydrogens (tertiary/aromatic N) is 5. The molecule has 33 heavy (non-hydrogen) atoms. The number of rotatable bonds is 4. The van der Waals surface area contributed by atoms with Crippen molar-refractivity contribution >= 4 is 23.2 Å². The van der Waals surface area contributed by atoms with Crippen LogP contribution in [0.15, 0.2) is 47.9 Å². The van der Waals surface area contributed by atoms with Gasteiger partial charge in [-0.05, 0) is 42.4 Å². The number of hydrogen-bond acceptors (Lipinski definition) is 6. The molecule has 0 bridgehead atoms. The molecule has 0 aliphatic carbocycles. The molecule has 0 radical (unpaired) electrons. The molecule has 2 aromatic heterocycles. The quantitative estimate of drug-likeness (QED) is 0.467. The molecule has 13 heteroatoms. The Bertz CT molecular complexity index is 1270. The summed E-state index contributed by atoms with van der Waals surface area (Å²) >= 11 is 0. The number of aryl methyl sites for hydroxylation is 1. The first kappa shape index (κ1) is 22.0. The van der Waals surface area contributed by atoms with E-state index in [-0.39, 0.29) is 16.9 Å². The molecule has 1 aliphatic rings. The van der Waals surface area contributed by atoms with Gasteiger partial charge in [0.2, 0.25) is 6.17 Å². The van der Waals surface area contributed by atoms with E-state index in [1.807, 2.05) is 0 Å². The van der Waals surface area contributed by atoms with E-state index in [2.05, 4.69) is 20.6 Å². The van der Waals surface area contributed by atoms with Crippen LogP contribution < -0.4 is 10.2 Å². The largest absolute Gasteiger partial charge is 0.419 e. The van der Waals surface area contributed by atoms with E-state index in [1.165, 1.54) is 12.3 Å². The van der Waals surface area contributed by atoms with Crippen LogP contribution in [-0.2, 0) is 6.18 Å². The maximum absolute atomic E-state index is 14.1. The van der Waals surface area contributed by atoms with Gasteiger partial charge in [0, 0.05) is 23.3 Å². The van der Waals surface area contributed by atoms with Gasteiger partial charge >= 0.3 is 6.18 Å². The Morgan fingerprint density at radius 1 is 1.24 bits per heavy atom. The second-order valence-electron chi connectivity index (χ2n) is 7.16. The minimum Gasteiger partial charge on any atom is -0.322 e. The number of fused-ring (bicyclic) bond motifs is 1. The van der Waals surface area contributed by atoms with Crippen LogP contribution in [0.25, 0.3) is 0 Å². The minimum absolute atomic E-state index is 0.194. The van der Waals surface area contributed by atoms with E-state index in [0.717, 1.165) is 21.8 Å². The highest BCUT2D eigenvalue weighted by atomic mass is 19.4. The standard InChI is InChI=1S/C20H14F4N6O3/c1-10-6-11(4-5-25-10)27-18(31)13-8-26-30-16(28-33)9-29(19(32)17(13)30)12-2-3-14(15(21)7-12)20(22,23)24/h2-8,16H,9H2,1H3,(H,25,27,31)/t16-/m1/s1. The first-order chi connectivity index (χ1) is 15.6. The Balaban J connectivity index is 1.71. The summed E-state index contributed by atoms with van der Waals surface area (Å²) in [4.78, 5) is 42.2. The summed E-state index contributed by atoms with van der Waals surface area (Å²) in [7, 11) is 0. The number of carbonyl (C=O) groups excluding carboxylic acids is 2. The second-order valence-corrected chi connectivity index (χ2v) is 7.16. The summed E-state index contributed by atoms with van der Waals surface area (Å²) in [5.41, 5.74) is -1.22. The summed E-state index contributed by atoms with van der Waals surface area (Å²) in [6.07, 6.45) is -3.66. The van der Waals surface area contributed by atoms with Crippen LogP contribution in [0.4, 0.5) is 28.9 Å². The lowest BCUT2D eigenvalue weighted by Gasteiger charge is -2.31. The molecule has 1 atom stereocenters. The number of pyridine rings is 1. The van der Waals surface area contributed by atoms with Gasteiger partial charge in [-0.1, -0.05) is 0 Å². The van der Waals surface area contributed by atoms with Crippen LogP contribution in [0.2, 0.25) is 0 Å². The zero-order valence-electron chi connectivity index (χ0n) is 16.8. The van der Waals surface area contributed by atoms with Gasteiger partial charge in [-0.2, -0.15) is 18.3 Å². The Morgan fingerprint density at radius 3 is 2.64 bits per heavy atom. The Hall–Kier alpha value is -4.16. The highest BCUT2D eigenvalue weighted by Crippen LogP contribution is 2.35. The number of amides is 2. The summed E-state index contributed by atoms with van der Waals surface area (Å²) < 4.78 is 53.7. The molecule has 0 fully saturated rings. The SMILES string of the molecule is Cc1cc(NC(=O)c2cnn3c2C(=O)N(c2ccc(C(F)(F)F)c(F)c2)C[C@@H]3N=O)ccn1. The van der Waals surface area contributed by atoms with Gasteiger partial charge in [0.15, 0.2) is 0 Å². The van der Waals surface area contributed by atoms with Crippen LogP contribution in [0.1, 0.15) is 38.3 Å². The van der Waals surface area contributed by atoms with Crippen LogP contribution in [0.5, 0.6) is 0 Å². The number of carbonyl (C=O) groups is 2. The van der Waals surface area contributed by atoms with Crippen molar-refractivity contribution in [3.63, 3.8) is 0 Å². The molecule has 0 unspecified atom stereocenters. The lowest BCUT2D eigenvalue weighted by molar-refractivity contribution is -0.139. The molecule has 4 rings (SSSR count). The number of nitrogens with one attached hydrogen (secondary N) is 1. The fourth-order valence-electron chi connectivity index (χ4n) is 3.44. The van der Waals surface area contributed by atoms with Crippen molar-refractivity contribution in [3.8, 4) is 0 Å². The Labute approximate surface area is 183 Å². The number of anilines is 2. The Morgan fingerprint density at radius 2 is 2.00 bits per heavy atom. The van der Waals surface area contributed by atoms with Crippen molar-refractivity contribution in [2.45, 2.75) is 19.3 Å². The fourth-order valence-corrected chi connectivity index (χ4v) is 3.44. The molecule has 0 saturated heterocycles. The fraction of sp³-hybridized carbons (Fsp3) is 0.200. The summed E-state index contributed by atoms with van der Waals surface area (Å²) in [5, 5.41) is 9.38. The van der Waals surface area contributed by atoms with Crippen LogP contribution >= 0.6 is 0 Å². The smallest absolute Gasteiger partial charge is 0.322 e. The molecule has 1 N–H and O–H groups in total. The number of aromatic nitrogens is 3. The van der Waals surface area contributed by atoms with Crippen molar-refractivity contribution in [3.05, 3.63) is 76.0 Å². The lowest BCUT2D eigenvalue weighted by atomic mass is 10.1. The molecule has 3 aromatic rings. The lowest BCUT2D eigenvalue weighted by Crippen LogP contribution is -2.43. The molecule has 9 nitrogen and oxygen atoms in total. The van der Waals surface area contributed by atoms with E-state index < -0.39 is 42.1 Å². The van der Waals surface area contributed by atoms with Crippen molar-refractivity contribution in [2.24, 2.45) is 5.18 Å². The third kappa shape index (κ3) is 4.04. The monoisotopic (exact) mass is 462 g/mol. The summed E-state index contributed by atoms with van der Waals surface area (Å²) in [5.74, 6) is -3.17. The predicted molar refractivity (Wildman–Crippen MR) is 107 cm³/mol. The van der Waals surface area contributed by atoms with Gasteiger partial charge in [0.25, 0.3) is 11.8 Å². The molecule has 0 spiro atoms. The third-order valence-corrected chi connectivity index (χ3v) is 4.96. The summed E-state index contributed by atoms with van der Waals surface area (Å²) in [6, 6.07) is 5.04. The number of halogens is 4. The van der Waals surface area contributed by atoms with E-state index in [1.54, 1.807) is 13.0 Å². The maximum Gasteiger partial charge on any atom is 0.419 e. The summed E-state index contributed by atoms with van der Waals surface area (Å²) in [6.45, 7) is 1.30. The molecule has 1 aliphatic heterocycles. The van der Waals surface area contributed by atoms with Gasteiger partial charge in [-0.25, -0.2) is 9.07 Å². The van der Waals surface area contributed by atoms with Crippen molar-refractivity contribution in [1.82, 2.24) is 14.8 Å². The zero-order valence-corrected chi connectivity index (χ0v) is 16.8. The van der Waals surface area contributed by atoms with Gasteiger partial charge in [0.05, 0.1) is 23.9 Å². The van der Waals surface area contributed by atoms with Gasteiger partial charge < -0.3 is 10.2 Å². The number of benzene rings is 1. The van der Waals surface area contributed by atoms with Gasteiger partial charge in [-0.3, -0.25) is 14.6 Å².